The summed E-state index contributed by atoms with van der Waals surface area (Å²) >= 11 is 0. The summed E-state index contributed by atoms with van der Waals surface area (Å²) in [5.74, 6) is 1.04. The van der Waals surface area contributed by atoms with Crippen LogP contribution in [0.25, 0.3) is 33.7 Å². The summed E-state index contributed by atoms with van der Waals surface area (Å²) in [7, 11) is 4.15. The smallest absolute Gasteiger partial charge is 0.275 e. The molecule has 1 aromatic heterocycles. The minimum Gasteiger partial charge on any atom is -1.00 e. The molecule has 0 spiro atoms. The van der Waals surface area contributed by atoms with Crippen molar-refractivity contribution in [3.05, 3.63) is 96.9 Å². The number of halogens is 2. The molecule has 0 aliphatic carbocycles. The maximum atomic E-state index is 13.5. The van der Waals surface area contributed by atoms with Gasteiger partial charge in [-0.15, -0.1) is 13.2 Å². The number of carbonyl (C=O) groups is 1. The Morgan fingerprint density at radius 3 is 2.45 bits per heavy atom. The molecule has 4 rings (SSSR count). The summed E-state index contributed by atoms with van der Waals surface area (Å²) in [6.07, 6.45) is 7.96. The van der Waals surface area contributed by atoms with Gasteiger partial charge < -0.3 is 35.9 Å². The van der Waals surface area contributed by atoms with E-state index in [2.05, 4.69) is 51.6 Å². The number of nitrogens with one attached hydrogen (secondary N) is 1. The fourth-order valence-corrected chi connectivity index (χ4v) is 5.11. The first-order chi connectivity index (χ1) is 20.7. The van der Waals surface area contributed by atoms with Crippen LogP contribution < -0.4 is 27.0 Å². The van der Waals surface area contributed by atoms with E-state index in [1.807, 2.05) is 30.4 Å². The summed E-state index contributed by atoms with van der Waals surface area (Å²) in [4.78, 5) is 17.0. The standard InChI is InChI=1S/C36H42FN3O3.BrH/c1-6-9-19-38-34(41)25-40(4,5)20-10-21-42-33-18-15-28(24-29(33)12-8-3)31-22-26(11-7-2)23-32-35(31)43-36(39-32)27-13-16-30(37)17-14-27;/h7-8,13-18,22-24H,2-3,6,9-12,19-21,25H2,1,4-5H3;1H. The van der Waals surface area contributed by atoms with Crippen molar-refractivity contribution in [1.82, 2.24) is 10.3 Å². The fourth-order valence-electron chi connectivity index (χ4n) is 5.11. The van der Waals surface area contributed by atoms with Gasteiger partial charge in [0.25, 0.3) is 5.91 Å². The van der Waals surface area contributed by atoms with Crippen molar-refractivity contribution in [2.24, 2.45) is 0 Å². The Morgan fingerprint density at radius 1 is 1.02 bits per heavy atom. The molecule has 3 aromatic carbocycles. The SMILES string of the molecule is C=CCc1cc(-c2ccc(OCCC[N+](C)(C)CC(=O)NCCCC)c(CC=C)c2)c2oc(-c3ccc(F)cc3)nc2c1.[Br-]. The number of unbranched alkanes of at least 4 members (excludes halogenated alkanes) is 1. The Kier molecular flexibility index (Phi) is 12.9. The summed E-state index contributed by atoms with van der Waals surface area (Å²) in [6.45, 7) is 12.5. The Balaban J connectivity index is 0.00000529. The highest BCUT2D eigenvalue weighted by Crippen LogP contribution is 2.36. The first-order valence-electron chi connectivity index (χ1n) is 15.0. The van der Waals surface area contributed by atoms with Crippen LogP contribution in [0.1, 0.15) is 37.3 Å². The molecule has 234 valence electrons. The van der Waals surface area contributed by atoms with E-state index in [-0.39, 0.29) is 28.7 Å². The Labute approximate surface area is 271 Å². The third-order valence-electron chi connectivity index (χ3n) is 7.35. The van der Waals surface area contributed by atoms with E-state index in [1.54, 1.807) is 12.1 Å². The van der Waals surface area contributed by atoms with Gasteiger partial charge in [-0.2, -0.15) is 0 Å². The quantitative estimate of drug-likeness (QED) is 0.109. The zero-order valence-electron chi connectivity index (χ0n) is 26.0. The molecule has 0 fully saturated rings. The third kappa shape index (κ3) is 9.37. The second kappa shape index (κ2) is 16.4. The summed E-state index contributed by atoms with van der Waals surface area (Å²) in [6, 6.07) is 16.4. The molecule has 0 aliphatic rings. The second-order valence-corrected chi connectivity index (χ2v) is 11.5. The Bertz CT molecular complexity index is 1560. The summed E-state index contributed by atoms with van der Waals surface area (Å²) < 4.78 is 26.6. The molecule has 1 heterocycles. The predicted molar refractivity (Wildman–Crippen MR) is 173 cm³/mol. The van der Waals surface area contributed by atoms with Crippen molar-refractivity contribution in [1.29, 1.82) is 0 Å². The van der Waals surface area contributed by atoms with Crippen molar-refractivity contribution >= 4 is 17.0 Å². The maximum Gasteiger partial charge on any atom is 0.275 e. The van der Waals surface area contributed by atoms with Crippen LogP contribution in [-0.2, 0) is 17.6 Å². The minimum atomic E-state index is -0.307. The zero-order valence-corrected chi connectivity index (χ0v) is 27.6. The van der Waals surface area contributed by atoms with Gasteiger partial charge in [0.2, 0.25) is 5.89 Å². The predicted octanol–water partition coefficient (Wildman–Crippen LogP) is 4.52. The highest BCUT2D eigenvalue weighted by atomic mass is 79.9. The topological polar surface area (TPSA) is 64.4 Å². The fraction of sp³-hybridized carbons (Fsp3) is 0.333. The van der Waals surface area contributed by atoms with Crippen molar-refractivity contribution < 1.29 is 39.8 Å². The van der Waals surface area contributed by atoms with Gasteiger partial charge in [0, 0.05) is 24.1 Å². The molecule has 6 nitrogen and oxygen atoms in total. The number of carbonyl (C=O) groups excluding carboxylic acids is 1. The number of likely N-dealkylation sites (N-methyl/N-ethyl adjacent to an activating group) is 1. The number of hydrogen-bond donors (Lipinski definition) is 1. The van der Waals surface area contributed by atoms with E-state index in [4.69, 9.17) is 14.1 Å². The maximum absolute atomic E-state index is 13.5. The molecule has 1 amide bonds. The van der Waals surface area contributed by atoms with Crippen molar-refractivity contribution in [3.63, 3.8) is 0 Å². The molecule has 0 aliphatic heterocycles. The highest BCUT2D eigenvalue weighted by molar-refractivity contribution is 5.92. The average molecular weight is 665 g/mol. The van der Waals surface area contributed by atoms with Crippen LogP contribution in [0.3, 0.4) is 0 Å². The molecular formula is C36H43BrFN3O3. The molecule has 44 heavy (non-hydrogen) atoms. The monoisotopic (exact) mass is 663 g/mol. The van der Waals surface area contributed by atoms with Crippen molar-refractivity contribution in [2.45, 2.75) is 39.0 Å². The van der Waals surface area contributed by atoms with Gasteiger partial charge in [0.05, 0.1) is 27.2 Å². The van der Waals surface area contributed by atoms with Gasteiger partial charge in [-0.3, -0.25) is 4.79 Å². The number of quaternary nitrogens is 1. The number of aromatic nitrogens is 1. The lowest BCUT2D eigenvalue weighted by Crippen LogP contribution is -3.00. The lowest BCUT2D eigenvalue weighted by Gasteiger charge is -2.29. The second-order valence-electron chi connectivity index (χ2n) is 11.5. The normalized spacial score (nSPS) is 11.2. The van der Waals surface area contributed by atoms with Gasteiger partial charge in [-0.25, -0.2) is 9.37 Å². The van der Waals surface area contributed by atoms with Gasteiger partial charge >= 0.3 is 0 Å². The van der Waals surface area contributed by atoms with Gasteiger partial charge in [-0.1, -0.05) is 31.6 Å². The van der Waals surface area contributed by atoms with Gasteiger partial charge in [0.15, 0.2) is 12.1 Å². The number of oxazole rings is 1. The van der Waals surface area contributed by atoms with Crippen molar-refractivity contribution in [3.8, 4) is 28.3 Å². The van der Waals surface area contributed by atoms with Crippen LogP contribution in [-0.4, -0.2) is 55.7 Å². The number of fused-ring (bicyclic) bond motifs is 1. The molecule has 0 radical (unpaired) electrons. The summed E-state index contributed by atoms with van der Waals surface area (Å²) in [5, 5.41) is 3.00. The van der Waals surface area contributed by atoms with Gasteiger partial charge in [-0.05, 0) is 84.5 Å². The molecule has 0 saturated carbocycles. The molecule has 0 unspecified atom stereocenters. The van der Waals surface area contributed by atoms with Crippen molar-refractivity contribution in [2.75, 3.05) is 40.3 Å². The lowest BCUT2D eigenvalue weighted by atomic mass is 9.97. The van der Waals surface area contributed by atoms with Crippen LogP contribution >= 0.6 is 0 Å². The highest BCUT2D eigenvalue weighted by Gasteiger charge is 2.20. The van der Waals surface area contributed by atoms with E-state index >= 15 is 0 Å². The van der Waals surface area contributed by atoms with E-state index < -0.39 is 0 Å². The van der Waals surface area contributed by atoms with Crippen LogP contribution in [0.4, 0.5) is 4.39 Å². The molecule has 0 atom stereocenters. The number of amides is 1. The van der Waals surface area contributed by atoms with Crippen LogP contribution in [0, 0.1) is 5.82 Å². The molecule has 8 heteroatoms. The number of hydrogen-bond acceptors (Lipinski definition) is 4. The lowest BCUT2D eigenvalue weighted by molar-refractivity contribution is -0.882. The largest absolute Gasteiger partial charge is 1.00 e. The van der Waals surface area contributed by atoms with Gasteiger partial charge in [0.1, 0.15) is 17.1 Å². The van der Waals surface area contributed by atoms with Crippen LogP contribution in [0.2, 0.25) is 0 Å². The minimum absolute atomic E-state index is 0. The van der Waals surface area contributed by atoms with E-state index in [1.165, 1.54) is 12.1 Å². The third-order valence-corrected chi connectivity index (χ3v) is 7.35. The molecule has 0 saturated heterocycles. The molecule has 4 aromatic rings. The summed E-state index contributed by atoms with van der Waals surface area (Å²) in [5.41, 5.74) is 6.11. The van der Waals surface area contributed by atoms with Crippen LogP contribution in [0.5, 0.6) is 5.75 Å². The molecule has 0 bridgehead atoms. The molecule has 1 N–H and O–H groups in total. The van der Waals surface area contributed by atoms with E-state index in [0.717, 1.165) is 65.9 Å². The first-order valence-corrected chi connectivity index (χ1v) is 15.0. The zero-order chi connectivity index (χ0) is 30.8. The average Bonchev–Trinajstić information content (AvgIpc) is 3.40. The Hall–Kier alpha value is -3.75. The van der Waals surface area contributed by atoms with E-state index in [9.17, 15) is 9.18 Å². The number of allylic oxidation sites excluding steroid dienone is 2. The van der Waals surface area contributed by atoms with Crippen LogP contribution in [0.15, 0.2) is 84.3 Å². The Morgan fingerprint density at radius 2 is 1.75 bits per heavy atom. The number of nitrogens with zero attached hydrogens (tertiary/aromatic N) is 2. The number of benzene rings is 3. The van der Waals surface area contributed by atoms with E-state index in [0.29, 0.717) is 47.5 Å². The molecular weight excluding hydrogens is 621 g/mol. The first kappa shape index (κ1) is 34.7. The number of rotatable bonds is 16. The number of ether oxygens (including phenoxy) is 1.